The van der Waals surface area contributed by atoms with E-state index in [0.717, 1.165) is 22.4 Å². The van der Waals surface area contributed by atoms with Crippen LogP contribution in [0.1, 0.15) is 0 Å². The molecule has 3 rings (SSSR count). The Balaban J connectivity index is 0.000000758. The van der Waals surface area contributed by atoms with Crippen LogP contribution in [0.25, 0.3) is 22.4 Å². The Morgan fingerprint density at radius 2 is 1.42 bits per heavy atom. The second kappa shape index (κ2) is 9.48. The number of nitrogens with zero attached hydrogens (tertiary/aromatic N) is 1. The normalized spacial score (nSPS) is 9.88. The van der Waals surface area contributed by atoms with E-state index in [2.05, 4.69) is 10.5 Å². The number of ether oxygens (including phenoxy) is 3. The van der Waals surface area contributed by atoms with Crippen LogP contribution in [0.5, 0.6) is 17.2 Å². The summed E-state index contributed by atoms with van der Waals surface area (Å²) in [6.45, 7) is 0. The first-order valence-corrected chi connectivity index (χ1v) is 8.08. The Morgan fingerprint density at radius 1 is 0.846 bits per heavy atom. The van der Waals surface area contributed by atoms with Crippen molar-refractivity contribution in [3.05, 3.63) is 48.7 Å². The number of aromatic nitrogens is 1. The Hall–Kier alpha value is -2.99. The van der Waals surface area contributed by atoms with Crippen LogP contribution in [0.2, 0.25) is 0 Å². The van der Waals surface area contributed by atoms with Crippen molar-refractivity contribution in [2.75, 3.05) is 35.4 Å². The predicted molar refractivity (Wildman–Crippen MR) is 102 cm³/mol. The van der Waals surface area contributed by atoms with Crippen molar-refractivity contribution in [1.29, 1.82) is 0 Å². The molecular formula is C20H24N2O4. The summed E-state index contributed by atoms with van der Waals surface area (Å²) in [4.78, 5) is 0. The van der Waals surface area contributed by atoms with Gasteiger partial charge < -0.3 is 24.1 Å². The molecule has 138 valence electrons. The van der Waals surface area contributed by atoms with Crippen molar-refractivity contribution in [3.8, 4) is 39.6 Å². The minimum Gasteiger partial charge on any atom is -0.493 e. The first kappa shape index (κ1) is 19.3. The van der Waals surface area contributed by atoms with Crippen LogP contribution >= 0.6 is 0 Å². The summed E-state index contributed by atoms with van der Waals surface area (Å²) in [6.07, 6.45) is 1.61. The molecule has 0 aliphatic rings. The Morgan fingerprint density at radius 3 is 1.92 bits per heavy atom. The molecule has 0 aliphatic carbocycles. The highest BCUT2D eigenvalue weighted by Crippen LogP contribution is 2.43. The maximum atomic E-state index is 5.41. The first-order chi connectivity index (χ1) is 12.7. The molecule has 3 aromatic rings. The van der Waals surface area contributed by atoms with Crippen molar-refractivity contribution in [2.45, 2.75) is 0 Å². The fourth-order valence-electron chi connectivity index (χ4n) is 2.48. The maximum absolute atomic E-state index is 5.41. The highest BCUT2D eigenvalue weighted by molar-refractivity contribution is 5.82. The number of hydrogen-bond acceptors (Lipinski definition) is 6. The first-order valence-electron chi connectivity index (χ1n) is 8.08. The third-order valence-electron chi connectivity index (χ3n) is 3.59. The zero-order valence-corrected chi connectivity index (χ0v) is 15.7. The van der Waals surface area contributed by atoms with E-state index in [4.69, 9.17) is 18.7 Å². The Kier molecular flexibility index (Phi) is 7.05. The van der Waals surface area contributed by atoms with Crippen LogP contribution in [-0.2, 0) is 0 Å². The molecule has 0 spiro atoms. The Labute approximate surface area is 153 Å². The summed E-state index contributed by atoms with van der Waals surface area (Å²) in [7, 11) is 8.51. The van der Waals surface area contributed by atoms with Gasteiger partial charge in [0.25, 0.3) is 0 Å². The lowest BCUT2D eigenvalue weighted by Gasteiger charge is -2.14. The van der Waals surface area contributed by atoms with Gasteiger partial charge in [0, 0.05) is 11.1 Å². The molecule has 0 atom stereocenters. The molecule has 1 N–H and O–H groups in total. The molecule has 6 nitrogen and oxygen atoms in total. The fraction of sp³-hybridized carbons (Fsp3) is 0.250. The number of benzene rings is 2. The highest BCUT2D eigenvalue weighted by Gasteiger charge is 2.18. The fourth-order valence-corrected chi connectivity index (χ4v) is 2.48. The van der Waals surface area contributed by atoms with E-state index < -0.39 is 0 Å². The van der Waals surface area contributed by atoms with E-state index >= 15 is 0 Å². The molecular weight excluding hydrogens is 332 g/mol. The van der Waals surface area contributed by atoms with Gasteiger partial charge in [-0.25, -0.2) is 0 Å². The molecule has 6 heteroatoms. The summed E-state index contributed by atoms with van der Waals surface area (Å²) >= 11 is 0. The SMILES string of the molecule is CNC.COc1cc(-c2conc2-c2ccccc2)cc(OC)c1OC. The van der Waals surface area contributed by atoms with Crippen LogP contribution in [-0.4, -0.2) is 40.6 Å². The highest BCUT2D eigenvalue weighted by atomic mass is 16.5. The van der Waals surface area contributed by atoms with Gasteiger partial charge in [-0.1, -0.05) is 35.5 Å². The maximum Gasteiger partial charge on any atom is 0.203 e. The quantitative estimate of drug-likeness (QED) is 0.749. The molecule has 0 bridgehead atoms. The van der Waals surface area contributed by atoms with E-state index in [1.54, 1.807) is 27.6 Å². The van der Waals surface area contributed by atoms with Crippen LogP contribution in [0, 0.1) is 0 Å². The van der Waals surface area contributed by atoms with Gasteiger partial charge in [0.1, 0.15) is 12.0 Å². The second-order valence-corrected chi connectivity index (χ2v) is 5.36. The summed E-state index contributed by atoms with van der Waals surface area (Å²) in [5.74, 6) is 1.72. The van der Waals surface area contributed by atoms with Gasteiger partial charge in [0.05, 0.1) is 21.3 Å². The molecule has 0 fully saturated rings. The zero-order valence-electron chi connectivity index (χ0n) is 15.7. The number of methoxy groups -OCH3 is 3. The van der Waals surface area contributed by atoms with E-state index in [1.165, 1.54) is 0 Å². The second-order valence-electron chi connectivity index (χ2n) is 5.36. The molecule has 2 aromatic carbocycles. The van der Waals surface area contributed by atoms with Gasteiger partial charge in [0.15, 0.2) is 11.5 Å². The van der Waals surface area contributed by atoms with Crippen LogP contribution in [0.3, 0.4) is 0 Å². The van der Waals surface area contributed by atoms with Crippen molar-refractivity contribution in [1.82, 2.24) is 10.5 Å². The van der Waals surface area contributed by atoms with Crippen LogP contribution in [0.4, 0.5) is 0 Å². The standard InChI is InChI=1S/C18H17NO4.C2H7N/c1-20-15-9-13(10-16(21-2)18(15)22-3)14-11-23-19-17(14)12-7-5-4-6-8-12;1-3-2/h4-11H,1-3H3;3H,1-2H3. The van der Waals surface area contributed by atoms with Gasteiger partial charge in [-0.15, -0.1) is 0 Å². The van der Waals surface area contributed by atoms with Crippen LogP contribution < -0.4 is 19.5 Å². The number of nitrogens with one attached hydrogen (secondary N) is 1. The predicted octanol–water partition coefficient (Wildman–Crippen LogP) is 3.87. The van der Waals surface area contributed by atoms with Gasteiger partial charge >= 0.3 is 0 Å². The van der Waals surface area contributed by atoms with Crippen molar-refractivity contribution < 1.29 is 18.7 Å². The van der Waals surface area contributed by atoms with E-state index in [-0.39, 0.29) is 0 Å². The molecule has 0 saturated carbocycles. The zero-order chi connectivity index (χ0) is 18.9. The van der Waals surface area contributed by atoms with Gasteiger partial charge in [-0.05, 0) is 31.8 Å². The van der Waals surface area contributed by atoms with Gasteiger partial charge in [-0.3, -0.25) is 0 Å². The van der Waals surface area contributed by atoms with Crippen LogP contribution in [0.15, 0.2) is 53.3 Å². The van der Waals surface area contributed by atoms with Gasteiger partial charge in [-0.2, -0.15) is 0 Å². The third kappa shape index (κ3) is 4.15. The lowest BCUT2D eigenvalue weighted by atomic mass is 10.0. The minimum absolute atomic E-state index is 0.552. The molecule has 1 heterocycles. The van der Waals surface area contributed by atoms with Crippen molar-refractivity contribution >= 4 is 0 Å². The summed E-state index contributed by atoms with van der Waals surface area (Å²) < 4.78 is 21.4. The molecule has 26 heavy (non-hydrogen) atoms. The molecule has 0 saturated heterocycles. The molecule has 0 aliphatic heterocycles. The average molecular weight is 356 g/mol. The lowest BCUT2D eigenvalue weighted by molar-refractivity contribution is 0.324. The average Bonchev–Trinajstić information content (AvgIpc) is 3.18. The summed E-state index contributed by atoms with van der Waals surface area (Å²) in [6, 6.07) is 13.6. The van der Waals surface area contributed by atoms with E-state index in [0.29, 0.717) is 17.2 Å². The van der Waals surface area contributed by atoms with E-state index in [1.807, 2.05) is 56.6 Å². The molecule has 0 radical (unpaired) electrons. The largest absolute Gasteiger partial charge is 0.493 e. The molecule has 0 amide bonds. The third-order valence-corrected chi connectivity index (χ3v) is 3.59. The van der Waals surface area contributed by atoms with Crippen molar-refractivity contribution in [2.24, 2.45) is 0 Å². The molecule has 1 aromatic heterocycles. The van der Waals surface area contributed by atoms with E-state index in [9.17, 15) is 0 Å². The number of hydrogen-bond donors (Lipinski definition) is 1. The Bertz CT molecular complexity index is 791. The molecule has 0 unspecified atom stereocenters. The summed E-state index contributed by atoms with van der Waals surface area (Å²) in [5.41, 5.74) is 3.47. The summed E-state index contributed by atoms with van der Waals surface area (Å²) in [5, 5.41) is 6.88. The van der Waals surface area contributed by atoms with Crippen molar-refractivity contribution in [3.63, 3.8) is 0 Å². The number of rotatable bonds is 5. The van der Waals surface area contributed by atoms with Gasteiger partial charge in [0.2, 0.25) is 5.75 Å². The smallest absolute Gasteiger partial charge is 0.203 e. The topological polar surface area (TPSA) is 65.8 Å². The minimum atomic E-state index is 0.552. The lowest BCUT2D eigenvalue weighted by Crippen LogP contribution is -1.95. The monoisotopic (exact) mass is 356 g/mol.